The molecule has 1 aliphatic rings. The molecular formula is C25H28N6O3. The average Bonchev–Trinajstić information content (AvgIpc) is 3.53. The Morgan fingerprint density at radius 2 is 2.15 bits per heavy atom. The van der Waals surface area contributed by atoms with Gasteiger partial charge in [-0.2, -0.15) is 5.10 Å². The van der Waals surface area contributed by atoms with E-state index in [1.807, 2.05) is 29.9 Å². The molecule has 3 aromatic heterocycles. The number of carbonyl (C=O) groups is 1. The van der Waals surface area contributed by atoms with Gasteiger partial charge in [0.05, 0.1) is 17.6 Å². The average molecular weight is 461 g/mol. The number of hydrogen-bond acceptors (Lipinski definition) is 7. The van der Waals surface area contributed by atoms with Crippen molar-refractivity contribution < 1.29 is 13.9 Å². The van der Waals surface area contributed by atoms with E-state index in [2.05, 4.69) is 26.9 Å². The fourth-order valence-electron chi connectivity index (χ4n) is 4.39. The van der Waals surface area contributed by atoms with E-state index in [4.69, 9.17) is 14.9 Å². The van der Waals surface area contributed by atoms with Crippen molar-refractivity contribution in [1.29, 1.82) is 0 Å². The summed E-state index contributed by atoms with van der Waals surface area (Å²) in [5, 5.41) is 11.4. The first-order valence-electron chi connectivity index (χ1n) is 11.4. The molecule has 0 radical (unpaired) electrons. The number of nitrogens with zero attached hydrogens (tertiary/aromatic N) is 3. The fourth-order valence-corrected chi connectivity index (χ4v) is 4.39. The zero-order chi connectivity index (χ0) is 23.7. The number of nitrogens with one attached hydrogen (secondary N) is 2. The third kappa shape index (κ3) is 4.10. The van der Waals surface area contributed by atoms with Crippen LogP contribution >= 0.6 is 0 Å². The van der Waals surface area contributed by atoms with Gasteiger partial charge in [0.2, 0.25) is 5.75 Å². The number of nitrogen functional groups attached to an aromatic ring is 1. The lowest BCUT2D eigenvalue weighted by Gasteiger charge is -2.22. The van der Waals surface area contributed by atoms with Crippen LogP contribution in [0.4, 0.5) is 5.82 Å². The van der Waals surface area contributed by atoms with E-state index in [1.54, 1.807) is 31.6 Å². The summed E-state index contributed by atoms with van der Waals surface area (Å²) < 4.78 is 14.2. The van der Waals surface area contributed by atoms with Gasteiger partial charge in [0.1, 0.15) is 12.4 Å². The number of carbonyl (C=O) groups excluding carboxylic acids is 1. The van der Waals surface area contributed by atoms with Crippen molar-refractivity contribution in [2.45, 2.75) is 31.9 Å². The molecule has 1 fully saturated rings. The fraction of sp³-hybridized carbons (Fsp3) is 0.320. The Bertz CT molecular complexity index is 1320. The van der Waals surface area contributed by atoms with Gasteiger partial charge in [-0.3, -0.25) is 9.48 Å². The molecule has 0 spiro atoms. The number of ether oxygens (including phenoxy) is 1. The van der Waals surface area contributed by atoms with E-state index in [1.165, 1.54) is 0 Å². The molecule has 1 aliphatic heterocycles. The number of piperidine rings is 1. The summed E-state index contributed by atoms with van der Waals surface area (Å²) >= 11 is 0. The number of anilines is 1. The number of rotatable bonds is 6. The topological polar surface area (TPSA) is 120 Å². The molecule has 0 saturated carbocycles. The number of hydrogen-bond donors (Lipinski definition) is 3. The number of pyridine rings is 1. The number of fused-ring (bicyclic) bond motifs is 1. The minimum absolute atomic E-state index is 0.155. The molecule has 1 atom stereocenters. The van der Waals surface area contributed by atoms with Gasteiger partial charge in [-0.25, -0.2) is 4.98 Å². The quantitative estimate of drug-likeness (QED) is 0.401. The summed E-state index contributed by atoms with van der Waals surface area (Å²) in [6.45, 7) is 3.90. The second-order valence-corrected chi connectivity index (χ2v) is 8.52. The SMILES string of the molecule is CNC(=O)c1cccc(C(C)Oc2c(N)ncc3c(-c4cnn(C5CCNCC5)c4)coc23)c1. The minimum atomic E-state index is -0.379. The van der Waals surface area contributed by atoms with Crippen LogP contribution in [0.2, 0.25) is 0 Å². The molecule has 0 aliphatic carbocycles. The van der Waals surface area contributed by atoms with Gasteiger partial charge >= 0.3 is 0 Å². The summed E-state index contributed by atoms with van der Waals surface area (Å²) in [5.74, 6) is 0.471. The van der Waals surface area contributed by atoms with Gasteiger partial charge in [-0.15, -0.1) is 0 Å². The van der Waals surface area contributed by atoms with Crippen molar-refractivity contribution in [3.63, 3.8) is 0 Å². The molecule has 1 unspecified atom stereocenters. The Balaban J connectivity index is 1.44. The van der Waals surface area contributed by atoms with E-state index in [0.29, 0.717) is 22.9 Å². The number of amides is 1. The predicted octanol–water partition coefficient (Wildman–Crippen LogP) is 3.70. The minimum Gasteiger partial charge on any atom is -0.479 e. The first-order chi connectivity index (χ1) is 16.5. The van der Waals surface area contributed by atoms with Crippen molar-refractivity contribution in [3.05, 3.63) is 60.2 Å². The third-order valence-corrected chi connectivity index (χ3v) is 6.34. The Hall–Kier alpha value is -3.85. The van der Waals surface area contributed by atoms with Gasteiger partial charge in [-0.1, -0.05) is 12.1 Å². The second-order valence-electron chi connectivity index (χ2n) is 8.52. The predicted molar refractivity (Wildman–Crippen MR) is 130 cm³/mol. The van der Waals surface area contributed by atoms with Crippen molar-refractivity contribution in [2.24, 2.45) is 0 Å². The molecule has 9 heteroatoms. The van der Waals surface area contributed by atoms with Crippen LogP contribution in [-0.2, 0) is 0 Å². The molecule has 176 valence electrons. The van der Waals surface area contributed by atoms with Gasteiger partial charge in [0.25, 0.3) is 5.91 Å². The van der Waals surface area contributed by atoms with Crippen LogP contribution in [0.1, 0.15) is 47.8 Å². The first-order valence-corrected chi connectivity index (χ1v) is 11.4. The van der Waals surface area contributed by atoms with Crippen LogP contribution in [0.3, 0.4) is 0 Å². The van der Waals surface area contributed by atoms with Crippen molar-refractivity contribution in [3.8, 4) is 16.9 Å². The van der Waals surface area contributed by atoms with Crippen molar-refractivity contribution in [2.75, 3.05) is 25.9 Å². The van der Waals surface area contributed by atoms with E-state index >= 15 is 0 Å². The van der Waals surface area contributed by atoms with Crippen LogP contribution in [0.25, 0.3) is 22.1 Å². The summed E-state index contributed by atoms with van der Waals surface area (Å²) in [4.78, 5) is 16.4. The molecule has 4 heterocycles. The number of nitrogens with two attached hydrogens (primary N) is 1. The number of aromatic nitrogens is 3. The largest absolute Gasteiger partial charge is 0.479 e. The Labute approximate surface area is 197 Å². The highest BCUT2D eigenvalue weighted by molar-refractivity contribution is 5.98. The number of benzene rings is 1. The maximum atomic E-state index is 12.0. The van der Waals surface area contributed by atoms with Crippen molar-refractivity contribution in [1.82, 2.24) is 25.4 Å². The summed E-state index contributed by atoms with van der Waals surface area (Å²) in [6.07, 6.45) is 9.05. The lowest BCUT2D eigenvalue weighted by molar-refractivity contribution is 0.0963. The molecule has 0 bridgehead atoms. The van der Waals surface area contributed by atoms with E-state index in [9.17, 15) is 4.79 Å². The zero-order valence-electron chi connectivity index (χ0n) is 19.2. The standard InChI is InChI=1S/C25H28N6O3/c1-15(16-4-3-5-17(10-16)25(32)27-2)34-23-22-20(12-29-24(23)26)21(14-33-22)18-11-30-31(13-18)19-6-8-28-9-7-19/h3-5,10-15,19,28H,6-9H2,1-2H3,(H2,26,29)(H,27,32). The van der Waals surface area contributed by atoms with Crippen LogP contribution in [0.15, 0.2) is 53.5 Å². The van der Waals surface area contributed by atoms with Crippen molar-refractivity contribution >= 4 is 22.7 Å². The molecule has 34 heavy (non-hydrogen) atoms. The van der Waals surface area contributed by atoms with Crippen LogP contribution in [0.5, 0.6) is 5.75 Å². The highest BCUT2D eigenvalue weighted by atomic mass is 16.5. The molecule has 4 aromatic rings. The van der Waals surface area contributed by atoms with Crippen LogP contribution in [-0.4, -0.2) is 40.8 Å². The third-order valence-electron chi connectivity index (χ3n) is 6.34. The van der Waals surface area contributed by atoms with Gasteiger partial charge < -0.3 is 25.5 Å². The Morgan fingerprint density at radius 3 is 2.94 bits per heavy atom. The summed E-state index contributed by atoms with van der Waals surface area (Å²) in [7, 11) is 1.60. The summed E-state index contributed by atoms with van der Waals surface area (Å²) in [6, 6.07) is 7.69. The lowest BCUT2D eigenvalue weighted by atomic mass is 10.1. The normalized spacial score (nSPS) is 15.4. The molecule has 9 nitrogen and oxygen atoms in total. The van der Waals surface area contributed by atoms with Crippen LogP contribution in [0, 0.1) is 0 Å². The molecule has 1 saturated heterocycles. The highest BCUT2D eigenvalue weighted by Crippen LogP contribution is 2.39. The first kappa shape index (κ1) is 22.0. The summed E-state index contributed by atoms with van der Waals surface area (Å²) in [5.41, 5.74) is 9.96. The van der Waals surface area contributed by atoms with Gasteiger partial charge in [0.15, 0.2) is 11.4 Å². The maximum absolute atomic E-state index is 12.0. The Morgan fingerprint density at radius 1 is 1.32 bits per heavy atom. The van der Waals surface area contributed by atoms with E-state index in [0.717, 1.165) is 48.0 Å². The number of furan rings is 1. The molecule has 4 N–H and O–H groups in total. The molecule has 1 amide bonds. The highest BCUT2D eigenvalue weighted by Gasteiger charge is 2.21. The van der Waals surface area contributed by atoms with Gasteiger partial charge in [0, 0.05) is 36.1 Å². The molecule has 1 aromatic carbocycles. The zero-order valence-corrected chi connectivity index (χ0v) is 19.2. The molecular weight excluding hydrogens is 432 g/mol. The second kappa shape index (κ2) is 9.18. The van der Waals surface area contributed by atoms with Crippen LogP contribution < -0.4 is 21.1 Å². The molecule has 5 rings (SSSR count). The van der Waals surface area contributed by atoms with E-state index < -0.39 is 0 Å². The van der Waals surface area contributed by atoms with Gasteiger partial charge in [-0.05, 0) is 50.6 Å². The smallest absolute Gasteiger partial charge is 0.251 e. The van der Waals surface area contributed by atoms with E-state index in [-0.39, 0.29) is 17.8 Å². The Kier molecular flexibility index (Phi) is 5.93. The lowest BCUT2D eigenvalue weighted by Crippen LogP contribution is -2.29. The monoisotopic (exact) mass is 460 g/mol. The maximum Gasteiger partial charge on any atom is 0.251 e.